The SMILES string of the molecule is OC1C=CC(O)C2C3CC(C3)C12. The Kier molecular flexibility index (Phi) is 1.25. The summed E-state index contributed by atoms with van der Waals surface area (Å²) in [6.45, 7) is 0. The molecule has 0 saturated heterocycles. The zero-order chi connectivity index (χ0) is 8.29. The van der Waals surface area contributed by atoms with E-state index in [0.29, 0.717) is 23.7 Å². The number of aliphatic hydroxyl groups excluding tert-OH is 2. The molecule has 0 aromatic carbocycles. The molecule has 3 saturated carbocycles. The Morgan fingerprint density at radius 1 is 0.833 bits per heavy atom. The molecule has 2 nitrogen and oxygen atoms in total. The van der Waals surface area contributed by atoms with E-state index in [1.165, 1.54) is 12.8 Å². The Balaban J connectivity index is 1.96. The molecule has 4 unspecified atom stereocenters. The average Bonchev–Trinajstić information content (AvgIpc) is 2.48. The van der Waals surface area contributed by atoms with E-state index in [4.69, 9.17) is 0 Å². The first kappa shape index (κ1) is 7.10. The van der Waals surface area contributed by atoms with Gasteiger partial charge >= 0.3 is 0 Å². The number of rotatable bonds is 0. The Bertz CT molecular complexity index is 208. The molecule has 0 aliphatic heterocycles. The van der Waals surface area contributed by atoms with Gasteiger partial charge in [0.25, 0.3) is 0 Å². The Morgan fingerprint density at radius 2 is 1.25 bits per heavy atom. The molecule has 0 amide bonds. The molecule has 4 atom stereocenters. The molecule has 2 N–H and O–H groups in total. The monoisotopic (exact) mass is 166 g/mol. The van der Waals surface area contributed by atoms with E-state index in [1.54, 1.807) is 12.2 Å². The molecule has 66 valence electrons. The van der Waals surface area contributed by atoms with Crippen molar-refractivity contribution >= 4 is 0 Å². The second kappa shape index (κ2) is 2.12. The van der Waals surface area contributed by atoms with Gasteiger partial charge in [-0.3, -0.25) is 0 Å². The summed E-state index contributed by atoms with van der Waals surface area (Å²) in [7, 11) is 0. The summed E-state index contributed by atoms with van der Waals surface area (Å²) in [6.07, 6.45) is 5.46. The topological polar surface area (TPSA) is 40.5 Å². The molecule has 4 aliphatic rings. The Labute approximate surface area is 71.9 Å². The van der Waals surface area contributed by atoms with Crippen LogP contribution in [-0.2, 0) is 0 Å². The van der Waals surface area contributed by atoms with E-state index < -0.39 is 0 Å². The van der Waals surface area contributed by atoms with Crippen molar-refractivity contribution in [2.24, 2.45) is 23.7 Å². The maximum atomic E-state index is 9.70. The number of aliphatic hydroxyl groups is 2. The predicted octanol–water partition coefficient (Wildman–Crippen LogP) is 0.550. The van der Waals surface area contributed by atoms with E-state index in [1.807, 2.05) is 0 Å². The van der Waals surface area contributed by atoms with Gasteiger partial charge in [-0.25, -0.2) is 0 Å². The van der Waals surface area contributed by atoms with Crippen molar-refractivity contribution in [3.8, 4) is 0 Å². The quantitative estimate of drug-likeness (QED) is 0.516. The van der Waals surface area contributed by atoms with Gasteiger partial charge in [-0.1, -0.05) is 12.2 Å². The number of hydrogen-bond acceptors (Lipinski definition) is 2. The third-order valence-corrected chi connectivity index (χ3v) is 4.04. The van der Waals surface area contributed by atoms with Crippen LogP contribution < -0.4 is 0 Å². The lowest BCUT2D eigenvalue weighted by atomic mass is 9.81. The van der Waals surface area contributed by atoms with Gasteiger partial charge in [-0.2, -0.15) is 0 Å². The van der Waals surface area contributed by atoms with Crippen LogP contribution in [0.15, 0.2) is 12.2 Å². The van der Waals surface area contributed by atoms with E-state index >= 15 is 0 Å². The standard InChI is InChI=1S/C10H14O2/c11-7-1-2-8(12)10-6-3-5(4-6)9(7)10/h1-2,5-12H,3-4H2. The van der Waals surface area contributed by atoms with Crippen molar-refractivity contribution < 1.29 is 10.2 Å². The van der Waals surface area contributed by atoms with Crippen molar-refractivity contribution in [3.05, 3.63) is 12.2 Å². The first-order valence-corrected chi connectivity index (χ1v) is 4.82. The Morgan fingerprint density at radius 3 is 1.67 bits per heavy atom. The minimum absolute atomic E-state index is 0.282. The second-order valence-electron chi connectivity index (χ2n) is 4.51. The summed E-state index contributed by atoms with van der Waals surface area (Å²) in [4.78, 5) is 0. The van der Waals surface area contributed by atoms with E-state index in [0.717, 1.165) is 0 Å². The van der Waals surface area contributed by atoms with Crippen LogP contribution in [0.4, 0.5) is 0 Å². The fourth-order valence-electron chi connectivity index (χ4n) is 3.46. The minimum atomic E-state index is -0.282. The molecular formula is C10H14O2. The van der Waals surface area contributed by atoms with Crippen LogP contribution in [0.3, 0.4) is 0 Å². The minimum Gasteiger partial charge on any atom is -0.389 e. The van der Waals surface area contributed by atoms with Crippen LogP contribution in [0.1, 0.15) is 12.8 Å². The van der Waals surface area contributed by atoms with Gasteiger partial charge in [0.05, 0.1) is 12.2 Å². The second-order valence-corrected chi connectivity index (χ2v) is 4.51. The van der Waals surface area contributed by atoms with Gasteiger partial charge in [0, 0.05) is 0 Å². The van der Waals surface area contributed by atoms with E-state index in [9.17, 15) is 10.2 Å². The summed E-state index contributed by atoms with van der Waals surface area (Å²) in [5.41, 5.74) is 0. The first-order valence-electron chi connectivity index (χ1n) is 4.82. The fourth-order valence-corrected chi connectivity index (χ4v) is 3.46. The largest absolute Gasteiger partial charge is 0.389 e. The molecule has 4 aliphatic carbocycles. The van der Waals surface area contributed by atoms with E-state index in [2.05, 4.69) is 0 Å². The summed E-state index contributed by atoms with van der Waals surface area (Å²) < 4.78 is 0. The van der Waals surface area contributed by atoms with Crippen LogP contribution >= 0.6 is 0 Å². The predicted molar refractivity (Wildman–Crippen MR) is 44.3 cm³/mol. The summed E-state index contributed by atoms with van der Waals surface area (Å²) in [5.74, 6) is 2.15. The highest BCUT2D eigenvalue weighted by Crippen LogP contribution is 2.59. The normalized spacial score (nSPS) is 61.2. The zero-order valence-corrected chi connectivity index (χ0v) is 6.93. The summed E-state index contributed by atoms with van der Waals surface area (Å²) in [5, 5.41) is 19.4. The molecule has 0 spiro atoms. The lowest BCUT2D eigenvalue weighted by molar-refractivity contribution is 0.0478. The molecule has 0 aromatic rings. The van der Waals surface area contributed by atoms with Crippen molar-refractivity contribution in [1.82, 2.24) is 0 Å². The molecule has 0 aromatic heterocycles. The zero-order valence-electron chi connectivity index (χ0n) is 6.93. The fraction of sp³-hybridized carbons (Fsp3) is 0.800. The molecule has 0 heterocycles. The van der Waals surface area contributed by atoms with Crippen molar-refractivity contribution in [3.63, 3.8) is 0 Å². The average molecular weight is 166 g/mol. The molecule has 4 rings (SSSR count). The lowest BCUT2D eigenvalue weighted by Gasteiger charge is -2.29. The van der Waals surface area contributed by atoms with Gasteiger partial charge in [-0.15, -0.1) is 0 Å². The highest BCUT2D eigenvalue weighted by Gasteiger charge is 2.57. The first-order chi connectivity index (χ1) is 5.77. The highest BCUT2D eigenvalue weighted by molar-refractivity contribution is 5.16. The molecule has 2 bridgehead atoms. The third kappa shape index (κ3) is 0.679. The van der Waals surface area contributed by atoms with Gasteiger partial charge in [-0.05, 0) is 36.5 Å². The van der Waals surface area contributed by atoms with Gasteiger partial charge in [0.15, 0.2) is 0 Å². The van der Waals surface area contributed by atoms with Crippen LogP contribution in [0.2, 0.25) is 0 Å². The molecule has 0 radical (unpaired) electrons. The van der Waals surface area contributed by atoms with Gasteiger partial charge in [0.1, 0.15) is 0 Å². The Hall–Kier alpha value is -0.340. The molecule has 2 heteroatoms. The lowest BCUT2D eigenvalue weighted by Crippen LogP contribution is -2.34. The van der Waals surface area contributed by atoms with Crippen LogP contribution in [0, 0.1) is 23.7 Å². The summed E-state index contributed by atoms with van der Waals surface area (Å²) >= 11 is 0. The van der Waals surface area contributed by atoms with Crippen molar-refractivity contribution in [2.45, 2.75) is 25.0 Å². The van der Waals surface area contributed by atoms with Crippen LogP contribution in [0.5, 0.6) is 0 Å². The smallest absolute Gasteiger partial charge is 0.0756 e. The summed E-state index contributed by atoms with van der Waals surface area (Å²) in [6, 6.07) is 0. The maximum absolute atomic E-state index is 9.70. The molecule has 12 heavy (non-hydrogen) atoms. The van der Waals surface area contributed by atoms with E-state index in [-0.39, 0.29) is 12.2 Å². The third-order valence-electron chi connectivity index (χ3n) is 4.04. The van der Waals surface area contributed by atoms with Crippen LogP contribution in [-0.4, -0.2) is 22.4 Å². The van der Waals surface area contributed by atoms with Gasteiger partial charge in [0.2, 0.25) is 0 Å². The van der Waals surface area contributed by atoms with Crippen LogP contribution in [0.25, 0.3) is 0 Å². The molecule has 3 fully saturated rings. The number of hydrogen-bond donors (Lipinski definition) is 2. The maximum Gasteiger partial charge on any atom is 0.0756 e. The highest BCUT2D eigenvalue weighted by atomic mass is 16.3. The van der Waals surface area contributed by atoms with Crippen molar-refractivity contribution in [2.75, 3.05) is 0 Å². The molecular weight excluding hydrogens is 152 g/mol. The van der Waals surface area contributed by atoms with Gasteiger partial charge < -0.3 is 10.2 Å². The van der Waals surface area contributed by atoms with Crippen molar-refractivity contribution in [1.29, 1.82) is 0 Å².